The molecule has 108 valence electrons. The Bertz CT molecular complexity index is 347. The first kappa shape index (κ1) is 14.2. The van der Waals surface area contributed by atoms with Crippen LogP contribution >= 0.6 is 0 Å². The van der Waals surface area contributed by atoms with Gasteiger partial charge in [-0.05, 0) is 37.0 Å². The molecule has 0 atom stereocenters. The van der Waals surface area contributed by atoms with Crippen LogP contribution in [-0.2, 0) is 4.79 Å². The maximum atomic E-state index is 12.1. The molecule has 2 rings (SSSR count). The Kier molecular flexibility index (Phi) is 4.32. The van der Waals surface area contributed by atoms with Gasteiger partial charge >= 0.3 is 12.0 Å². The fraction of sp³-hybridized carbons (Fsp3) is 0.857. The molecule has 19 heavy (non-hydrogen) atoms. The molecule has 0 aromatic carbocycles. The largest absolute Gasteiger partial charge is 0.480 e. The smallest absolute Gasteiger partial charge is 0.323 e. The summed E-state index contributed by atoms with van der Waals surface area (Å²) in [6.45, 7) is 3.24. The second kappa shape index (κ2) is 5.80. The fourth-order valence-electron chi connectivity index (χ4n) is 2.80. The minimum absolute atomic E-state index is 0.195. The Morgan fingerprint density at radius 2 is 1.95 bits per heavy atom. The molecule has 2 amide bonds. The summed E-state index contributed by atoms with van der Waals surface area (Å²) in [6.07, 6.45) is 6.98. The van der Waals surface area contributed by atoms with Crippen LogP contribution in [0.4, 0.5) is 4.79 Å². The van der Waals surface area contributed by atoms with Crippen LogP contribution in [0.3, 0.4) is 0 Å². The van der Waals surface area contributed by atoms with Crippen molar-refractivity contribution in [2.45, 2.75) is 45.4 Å². The minimum Gasteiger partial charge on any atom is -0.480 e. The third-order valence-corrected chi connectivity index (χ3v) is 4.27. The average Bonchev–Trinajstić information content (AvgIpc) is 3.05. The molecule has 0 heterocycles. The molecule has 2 N–H and O–H groups in total. The van der Waals surface area contributed by atoms with E-state index in [4.69, 9.17) is 5.11 Å². The number of rotatable bonds is 6. The highest BCUT2D eigenvalue weighted by Gasteiger charge is 2.31. The Morgan fingerprint density at radius 1 is 1.32 bits per heavy atom. The predicted molar refractivity (Wildman–Crippen MR) is 71.9 cm³/mol. The molecular formula is C14H24N2O3. The zero-order valence-corrected chi connectivity index (χ0v) is 11.7. The molecule has 5 nitrogen and oxygen atoms in total. The van der Waals surface area contributed by atoms with Crippen LogP contribution in [0.25, 0.3) is 0 Å². The van der Waals surface area contributed by atoms with Gasteiger partial charge in [0, 0.05) is 13.1 Å². The van der Waals surface area contributed by atoms with E-state index in [1.165, 1.54) is 17.7 Å². The van der Waals surface area contributed by atoms with Crippen molar-refractivity contribution in [2.24, 2.45) is 11.3 Å². The van der Waals surface area contributed by atoms with Gasteiger partial charge in [0.1, 0.15) is 6.54 Å². The minimum atomic E-state index is -0.942. The second-order valence-electron chi connectivity index (χ2n) is 6.39. The fourth-order valence-corrected chi connectivity index (χ4v) is 2.80. The number of carbonyl (C=O) groups is 2. The van der Waals surface area contributed by atoms with E-state index in [-0.39, 0.29) is 18.0 Å². The van der Waals surface area contributed by atoms with Gasteiger partial charge in [0.25, 0.3) is 0 Å². The highest BCUT2D eigenvalue weighted by Crippen LogP contribution is 2.36. The number of carboxylic acids is 1. The van der Waals surface area contributed by atoms with Crippen LogP contribution in [0.2, 0.25) is 0 Å². The molecular weight excluding hydrogens is 244 g/mol. The van der Waals surface area contributed by atoms with Crippen molar-refractivity contribution in [1.82, 2.24) is 10.2 Å². The molecule has 0 unspecified atom stereocenters. The van der Waals surface area contributed by atoms with Crippen LogP contribution in [0.5, 0.6) is 0 Å². The van der Waals surface area contributed by atoms with Crippen molar-refractivity contribution in [1.29, 1.82) is 0 Å². The van der Waals surface area contributed by atoms with Gasteiger partial charge in [-0.25, -0.2) is 4.79 Å². The molecule has 0 bridgehead atoms. The normalized spacial score (nSPS) is 21.1. The summed E-state index contributed by atoms with van der Waals surface area (Å²) in [7, 11) is 0. The molecule has 0 aromatic heterocycles. The lowest BCUT2D eigenvalue weighted by atomic mass is 9.89. The van der Waals surface area contributed by atoms with E-state index >= 15 is 0 Å². The summed E-state index contributed by atoms with van der Waals surface area (Å²) >= 11 is 0. The van der Waals surface area contributed by atoms with Gasteiger partial charge in [-0.3, -0.25) is 4.79 Å². The first-order valence-electron chi connectivity index (χ1n) is 7.23. The summed E-state index contributed by atoms with van der Waals surface area (Å²) in [5.74, 6) is -0.435. The number of carboxylic acid groups (broad SMARTS) is 1. The number of hydrogen-bond acceptors (Lipinski definition) is 2. The molecule has 0 aromatic rings. The van der Waals surface area contributed by atoms with Crippen LogP contribution in [0.1, 0.15) is 45.4 Å². The summed E-state index contributed by atoms with van der Waals surface area (Å²) in [5.41, 5.74) is 0.199. The number of nitrogens with one attached hydrogen (secondary N) is 1. The monoisotopic (exact) mass is 268 g/mol. The summed E-state index contributed by atoms with van der Waals surface area (Å²) < 4.78 is 0. The lowest BCUT2D eigenvalue weighted by molar-refractivity contribution is -0.137. The molecule has 2 aliphatic carbocycles. The SMILES string of the molecule is CC1(CNC(=O)N(CC(=O)O)CC2CC2)CCCC1. The van der Waals surface area contributed by atoms with Crippen molar-refractivity contribution >= 4 is 12.0 Å². The number of urea groups is 1. The number of amides is 2. The molecule has 2 fully saturated rings. The van der Waals surface area contributed by atoms with E-state index in [9.17, 15) is 9.59 Å². The van der Waals surface area contributed by atoms with Gasteiger partial charge in [0.15, 0.2) is 0 Å². The van der Waals surface area contributed by atoms with E-state index in [0.29, 0.717) is 19.0 Å². The summed E-state index contributed by atoms with van der Waals surface area (Å²) in [4.78, 5) is 24.4. The third kappa shape index (κ3) is 4.40. The molecule has 2 aliphatic rings. The van der Waals surface area contributed by atoms with Crippen molar-refractivity contribution in [3.8, 4) is 0 Å². The quantitative estimate of drug-likeness (QED) is 0.774. The molecule has 0 saturated heterocycles. The van der Waals surface area contributed by atoms with Gasteiger partial charge in [-0.1, -0.05) is 19.8 Å². The topological polar surface area (TPSA) is 69.6 Å². The third-order valence-electron chi connectivity index (χ3n) is 4.27. The van der Waals surface area contributed by atoms with Gasteiger partial charge in [-0.2, -0.15) is 0 Å². The maximum absolute atomic E-state index is 12.1. The number of carbonyl (C=O) groups excluding carboxylic acids is 1. The van der Waals surface area contributed by atoms with Crippen LogP contribution in [0.15, 0.2) is 0 Å². The molecule has 0 radical (unpaired) electrons. The Hall–Kier alpha value is -1.26. The first-order chi connectivity index (χ1) is 8.98. The van der Waals surface area contributed by atoms with E-state index < -0.39 is 5.97 Å². The average molecular weight is 268 g/mol. The summed E-state index contributed by atoms with van der Waals surface area (Å²) in [6, 6.07) is -0.220. The standard InChI is InChI=1S/C14H24N2O3/c1-14(6-2-3-7-14)10-15-13(19)16(9-12(17)18)8-11-4-5-11/h11H,2-10H2,1H3,(H,15,19)(H,17,18). The highest BCUT2D eigenvalue weighted by atomic mass is 16.4. The first-order valence-corrected chi connectivity index (χ1v) is 7.23. The predicted octanol–water partition coefficient (Wildman–Crippen LogP) is 2.07. The van der Waals surface area contributed by atoms with Gasteiger partial charge in [-0.15, -0.1) is 0 Å². The van der Waals surface area contributed by atoms with Gasteiger partial charge in [0.05, 0.1) is 0 Å². The highest BCUT2D eigenvalue weighted by molar-refractivity contribution is 5.80. The zero-order chi connectivity index (χ0) is 13.9. The Labute approximate surface area is 114 Å². The van der Waals surface area contributed by atoms with Gasteiger partial charge in [0.2, 0.25) is 0 Å². The molecule has 0 aliphatic heterocycles. The number of hydrogen-bond donors (Lipinski definition) is 2. The lowest BCUT2D eigenvalue weighted by Crippen LogP contribution is -2.46. The van der Waals surface area contributed by atoms with E-state index in [1.54, 1.807) is 0 Å². The second-order valence-corrected chi connectivity index (χ2v) is 6.39. The van der Waals surface area contributed by atoms with Gasteiger partial charge < -0.3 is 15.3 Å². The Morgan fingerprint density at radius 3 is 2.47 bits per heavy atom. The van der Waals surface area contributed by atoms with E-state index in [2.05, 4.69) is 12.2 Å². The van der Waals surface area contributed by atoms with Crippen LogP contribution in [-0.4, -0.2) is 41.6 Å². The Balaban J connectivity index is 1.81. The van der Waals surface area contributed by atoms with E-state index in [0.717, 1.165) is 25.7 Å². The molecule has 5 heteroatoms. The van der Waals surface area contributed by atoms with Crippen molar-refractivity contribution in [3.63, 3.8) is 0 Å². The maximum Gasteiger partial charge on any atom is 0.323 e. The molecule has 2 saturated carbocycles. The molecule has 0 spiro atoms. The lowest BCUT2D eigenvalue weighted by Gasteiger charge is -2.27. The van der Waals surface area contributed by atoms with Crippen molar-refractivity contribution in [3.05, 3.63) is 0 Å². The number of nitrogens with zero attached hydrogens (tertiary/aromatic N) is 1. The van der Waals surface area contributed by atoms with Crippen LogP contribution < -0.4 is 5.32 Å². The van der Waals surface area contributed by atoms with Crippen LogP contribution in [0, 0.1) is 11.3 Å². The number of aliphatic carboxylic acids is 1. The zero-order valence-electron chi connectivity index (χ0n) is 11.7. The van der Waals surface area contributed by atoms with Crippen molar-refractivity contribution in [2.75, 3.05) is 19.6 Å². The van der Waals surface area contributed by atoms with Crippen molar-refractivity contribution < 1.29 is 14.7 Å². The van der Waals surface area contributed by atoms with E-state index in [1.807, 2.05) is 0 Å². The summed E-state index contributed by atoms with van der Waals surface area (Å²) in [5, 5.41) is 11.8.